The zero-order chi connectivity index (χ0) is 20.3. The molecule has 28 heavy (non-hydrogen) atoms. The lowest BCUT2D eigenvalue weighted by molar-refractivity contribution is -0.115. The molecule has 0 saturated carbocycles. The Morgan fingerprint density at radius 2 is 2.07 bits per heavy atom. The highest BCUT2D eigenvalue weighted by atomic mass is 32.1. The Kier molecular flexibility index (Phi) is 5.59. The Morgan fingerprint density at radius 1 is 1.32 bits per heavy atom. The van der Waals surface area contributed by atoms with Gasteiger partial charge in [-0.2, -0.15) is 0 Å². The van der Waals surface area contributed by atoms with Crippen LogP contribution in [-0.4, -0.2) is 29.1 Å². The zero-order valence-electron chi connectivity index (χ0n) is 15.5. The summed E-state index contributed by atoms with van der Waals surface area (Å²) in [7, 11) is 1.53. The number of anilines is 3. The first-order chi connectivity index (χ1) is 13.4. The van der Waals surface area contributed by atoms with Crippen molar-refractivity contribution in [3.8, 4) is 5.75 Å². The van der Waals surface area contributed by atoms with Gasteiger partial charge < -0.3 is 19.7 Å². The van der Waals surface area contributed by atoms with E-state index in [1.54, 1.807) is 30.5 Å². The van der Waals surface area contributed by atoms with E-state index >= 15 is 0 Å². The molecule has 0 saturated heterocycles. The van der Waals surface area contributed by atoms with Crippen LogP contribution in [0.5, 0.6) is 5.75 Å². The van der Waals surface area contributed by atoms with Crippen LogP contribution in [0.15, 0.2) is 34.2 Å². The van der Waals surface area contributed by atoms with Crippen molar-refractivity contribution >= 4 is 39.9 Å². The third-order valence-electron chi connectivity index (χ3n) is 3.82. The van der Waals surface area contributed by atoms with Crippen molar-refractivity contribution < 1.29 is 23.6 Å². The fourth-order valence-electron chi connectivity index (χ4n) is 2.53. The number of amides is 1. The van der Waals surface area contributed by atoms with E-state index in [9.17, 15) is 9.59 Å². The standard InChI is InChI=1S/C18H18N4O5S/c1-10-15(16(19)27-21-10)17(24)26-8-12-9-28-18(20-12)22(11(2)23)13-6-4-5-7-14(13)25-3/h4-7,9H,8,19H2,1-3H3. The summed E-state index contributed by atoms with van der Waals surface area (Å²) >= 11 is 1.25. The van der Waals surface area contributed by atoms with Gasteiger partial charge in [0.05, 0.1) is 24.2 Å². The Hall–Kier alpha value is -3.40. The first kappa shape index (κ1) is 19.4. The van der Waals surface area contributed by atoms with Crippen molar-refractivity contribution in [2.75, 3.05) is 17.7 Å². The van der Waals surface area contributed by atoms with Crippen LogP contribution < -0.4 is 15.4 Å². The Labute approximate surface area is 164 Å². The van der Waals surface area contributed by atoms with Crippen LogP contribution in [0, 0.1) is 6.92 Å². The third kappa shape index (κ3) is 3.81. The van der Waals surface area contributed by atoms with Crippen LogP contribution in [0.4, 0.5) is 16.7 Å². The molecule has 1 amide bonds. The Morgan fingerprint density at radius 3 is 2.71 bits per heavy atom. The summed E-state index contributed by atoms with van der Waals surface area (Å²) in [6.07, 6.45) is 0. The van der Waals surface area contributed by atoms with E-state index in [1.807, 2.05) is 6.07 Å². The fraction of sp³-hybridized carbons (Fsp3) is 0.222. The smallest absolute Gasteiger partial charge is 0.346 e. The second-order valence-corrected chi connectivity index (χ2v) is 6.57. The molecule has 0 atom stereocenters. The molecule has 0 aliphatic rings. The molecule has 0 unspecified atom stereocenters. The number of hydrogen-bond donors (Lipinski definition) is 1. The SMILES string of the molecule is COc1ccccc1N(C(C)=O)c1nc(COC(=O)c2c(C)noc2N)cs1. The predicted octanol–water partition coefficient (Wildman–Crippen LogP) is 3.07. The van der Waals surface area contributed by atoms with E-state index in [-0.39, 0.29) is 24.0 Å². The number of hydrogen-bond acceptors (Lipinski definition) is 9. The van der Waals surface area contributed by atoms with Crippen LogP contribution in [-0.2, 0) is 16.1 Å². The Balaban J connectivity index is 1.78. The maximum atomic E-state index is 12.2. The van der Waals surface area contributed by atoms with Crippen LogP contribution in [0.2, 0.25) is 0 Å². The predicted molar refractivity (Wildman–Crippen MR) is 103 cm³/mol. The molecular weight excluding hydrogens is 384 g/mol. The third-order valence-corrected chi connectivity index (χ3v) is 4.69. The number of carbonyl (C=O) groups is 2. The number of nitrogens with zero attached hydrogens (tertiary/aromatic N) is 3. The molecule has 3 aromatic rings. The molecule has 2 aromatic heterocycles. The summed E-state index contributed by atoms with van der Waals surface area (Å²) in [6, 6.07) is 7.13. The first-order valence-electron chi connectivity index (χ1n) is 8.19. The second kappa shape index (κ2) is 8.09. The number of aromatic nitrogens is 2. The lowest BCUT2D eigenvalue weighted by Crippen LogP contribution is -2.23. The summed E-state index contributed by atoms with van der Waals surface area (Å²) in [6.45, 7) is 2.94. The molecule has 0 radical (unpaired) electrons. The molecule has 10 heteroatoms. The van der Waals surface area contributed by atoms with Crippen LogP contribution >= 0.6 is 11.3 Å². The van der Waals surface area contributed by atoms with E-state index in [2.05, 4.69) is 10.1 Å². The van der Waals surface area contributed by atoms with Crippen LogP contribution in [0.1, 0.15) is 28.7 Å². The van der Waals surface area contributed by atoms with Gasteiger partial charge in [-0.1, -0.05) is 17.3 Å². The van der Waals surface area contributed by atoms with Gasteiger partial charge in [0, 0.05) is 12.3 Å². The van der Waals surface area contributed by atoms with Crippen molar-refractivity contribution in [1.29, 1.82) is 0 Å². The van der Waals surface area contributed by atoms with Gasteiger partial charge in [0.2, 0.25) is 11.8 Å². The van der Waals surface area contributed by atoms with E-state index in [0.717, 1.165) is 0 Å². The number of carbonyl (C=O) groups excluding carboxylic acids is 2. The van der Waals surface area contributed by atoms with Gasteiger partial charge in [0.1, 0.15) is 17.9 Å². The number of para-hydroxylation sites is 2. The number of rotatable bonds is 6. The van der Waals surface area contributed by atoms with Gasteiger partial charge in [-0.15, -0.1) is 11.3 Å². The second-order valence-electron chi connectivity index (χ2n) is 5.73. The molecule has 3 rings (SSSR count). The summed E-state index contributed by atoms with van der Waals surface area (Å²) < 4.78 is 15.3. The summed E-state index contributed by atoms with van der Waals surface area (Å²) in [5.41, 5.74) is 7.08. The topological polar surface area (TPSA) is 121 Å². The van der Waals surface area contributed by atoms with E-state index in [0.29, 0.717) is 28.0 Å². The van der Waals surface area contributed by atoms with Gasteiger partial charge in [-0.25, -0.2) is 9.78 Å². The minimum absolute atomic E-state index is 0.0862. The molecule has 0 spiro atoms. The van der Waals surface area contributed by atoms with Gasteiger partial charge in [-0.05, 0) is 19.1 Å². The van der Waals surface area contributed by atoms with E-state index in [4.69, 9.17) is 19.7 Å². The average Bonchev–Trinajstić information content (AvgIpc) is 3.26. The maximum Gasteiger partial charge on any atom is 0.346 e. The minimum atomic E-state index is -0.654. The average molecular weight is 402 g/mol. The van der Waals surface area contributed by atoms with Gasteiger partial charge in [-0.3, -0.25) is 9.69 Å². The van der Waals surface area contributed by atoms with Crippen molar-refractivity contribution in [3.63, 3.8) is 0 Å². The van der Waals surface area contributed by atoms with Gasteiger partial charge in [0.15, 0.2) is 5.13 Å². The van der Waals surface area contributed by atoms with Crippen LogP contribution in [0.3, 0.4) is 0 Å². The summed E-state index contributed by atoms with van der Waals surface area (Å²) in [4.78, 5) is 30.2. The van der Waals surface area contributed by atoms with Crippen molar-refractivity contribution in [2.45, 2.75) is 20.5 Å². The molecule has 146 valence electrons. The van der Waals surface area contributed by atoms with Gasteiger partial charge in [0.25, 0.3) is 0 Å². The number of ether oxygens (including phenoxy) is 2. The largest absolute Gasteiger partial charge is 0.495 e. The molecule has 1 aromatic carbocycles. The molecule has 2 heterocycles. The summed E-state index contributed by atoms with van der Waals surface area (Å²) in [5.74, 6) is -0.436. The van der Waals surface area contributed by atoms with Crippen molar-refractivity contribution in [2.24, 2.45) is 0 Å². The molecule has 0 bridgehead atoms. The van der Waals surface area contributed by atoms with E-state index in [1.165, 1.54) is 30.3 Å². The summed E-state index contributed by atoms with van der Waals surface area (Å²) in [5, 5.41) is 5.76. The quantitative estimate of drug-likeness (QED) is 0.625. The minimum Gasteiger partial charge on any atom is -0.495 e. The zero-order valence-corrected chi connectivity index (χ0v) is 16.3. The Bertz CT molecular complexity index is 994. The number of thiazole rings is 1. The number of nitrogen functional groups attached to an aromatic ring is 1. The van der Waals surface area contributed by atoms with Crippen LogP contribution in [0.25, 0.3) is 0 Å². The highest BCUT2D eigenvalue weighted by Gasteiger charge is 2.23. The lowest BCUT2D eigenvalue weighted by atomic mass is 10.2. The highest BCUT2D eigenvalue weighted by Crippen LogP contribution is 2.35. The monoisotopic (exact) mass is 402 g/mol. The molecule has 9 nitrogen and oxygen atoms in total. The van der Waals surface area contributed by atoms with Gasteiger partial charge >= 0.3 is 5.97 Å². The van der Waals surface area contributed by atoms with E-state index < -0.39 is 5.97 Å². The maximum absolute atomic E-state index is 12.2. The number of aryl methyl sites for hydroxylation is 1. The highest BCUT2D eigenvalue weighted by molar-refractivity contribution is 7.14. The number of esters is 1. The molecule has 0 aliphatic heterocycles. The molecule has 0 aliphatic carbocycles. The lowest BCUT2D eigenvalue weighted by Gasteiger charge is -2.20. The first-order valence-corrected chi connectivity index (χ1v) is 9.07. The number of nitrogens with two attached hydrogens (primary N) is 1. The fourth-order valence-corrected chi connectivity index (χ4v) is 3.40. The number of methoxy groups -OCH3 is 1. The number of benzene rings is 1. The molecule has 0 fully saturated rings. The van der Waals surface area contributed by atoms with Crippen molar-refractivity contribution in [3.05, 3.63) is 46.6 Å². The van der Waals surface area contributed by atoms with Crippen molar-refractivity contribution in [1.82, 2.24) is 10.1 Å². The molecule has 2 N–H and O–H groups in total. The molecular formula is C18H18N4O5S. The normalized spacial score (nSPS) is 10.5.